The van der Waals surface area contributed by atoms with Crippen LogP contribution in [0.15, 0.2) is 67.6 Å². The molecule has 3 aromatic heterocycles. The fraction of sp³-hybridized carbons (Fsp3) is 0. The topological polar surface area (TPSA) is 143 Å². The second-order valence-electron chi connectivity index (χ2n) is 6.93. The highest BCUT2D eigenvalue weighted by Gasteiger charge is 2.17. The lowest BCUT2D eigenvalue weighted by Gasteiger charge is -2.04. The molecule has 0 aliphatic heterocycles. The summed E-state index contributed by atoms with van der Waals surface area (Å²) in [6.07, 6.45) is 0. The normalized spacial score (nSPS) is 11.1. The number of hydrogen-bond donors (Lipinski definition) is 3. The number of benzene rings is 2. The summed E-state index contributed by atoms with van der Waals surface area (Å²) in [6.45, 7) is 0. The highest BCUT2D eigenvalue weighted by Crippen LogP contribution is 2.27. The molecule has 0 bridgehead atoms. The number of non-ortho nitro benzene ring substituents is 1. The lowest BCUT2D eigenvalue weighted by atomic mass is 10.1. The Morgan fingerprint density at radius 2 is 2.03 bits per heavy atom. The Hall–Kier alpha value is -4.03. The third-order valence-electron chi connectivity index (χ3n) is 4.83. The first-order valence-electron chi connectivity index (χ1n) is 9.41. The number of aromatic amines is 1. The minimum Gasteiger partial charge on any atom is -0.422 e. The van der Waals surface area contributed by atoms with Gasteiger partial charge in [0.2, 0.25) is 5.13 Å². The number of rotatable bonds is 5. The van der Waals surface area contributed by atoms with Gasteiger partial charge in [0, 0.05) is 26.7 Å². The van der Waals surface area contributed by atoms with Crippen LogP contribution < -0.4 is 16.5 Å². The molecule has 0 fully saturated rings. The molecule has 0 aliphatic rings. The van der Waals surface area contributed by atoms with E-state index < -0.39 is 16.5 Å². The second kappa shape index (κ2) is 8.15. The van der Waals surface area contributed by atoms with Crippen molar-refractivity contribution in [1.29, 1.82) is 0 Å². The number of nitrogens with zero attached hydrogens (tertiary/aromatic N) is 2. The number of para-hydroxylation sites is 1. The highest BCUT2D eigenvalue weighted by molar-refractivity contribution is 9.10. The van der Waals surface area contributed by atoms with E-state index >= 15 is 0 Å². The van der Waals surface area contributed by atoms with Gasteiger partial charge in [-0.2, -0.15) is 0 Å². The van der Waals surface area contributed by atoms with Gasteiger partial charge in [-0.1, -0.05) is 28.1 Å². The van der Waals surface area contributed by atoms with Crippen molar-refractivity contribution in [3.63, 3.8) is 0 Å². The number of amides is 1. The van der Waals surface area contributed by atoms with Crippen molar-refractivity contribution in [2.24, 2.45) is 0 Å². The van der Waals surface area contributed by atoms with E-state index in [1.165, 1.54) is 23.5 Å². The first-order chi connectivity index (χ1) is 15.9. The molecule has 33 heavy (non-hydrogen) atoms. The van der Waals surface area contributed by atoms with Crippen LogP contribution in [-0.2, 0) is 0 Å². The van der Waals surface area contributed by atoms with E-state index in [2.05, 4.69) is 36.7 Å². The number of hydrazine groups is 1. The summed E-state index contributed by atoms with van der Waals surface area (Å²) >= 11 is 4.58. The molecule has 10 nitrogen and oxygen atoms in total. The van der Waals surface area contributed by atoms with Gasteiger partial charge in [-0.15, -0.1) is 11.3 Å². The molecule has 2 aromatic carbocycles. The summed E-state index contributed by atoms with van der Waals surface area (Å²) in [5.41, 5.74) is 6.10. The number of nitro benzene ring substituents is 1. The number of nitrogens with one attached hydrogen (secondary N) is 3. The van der Waals surface area contributed by atoms with Crippen LogP contribution in [0.1, 0.15) is 10.5 Å². The molecule has 5 rings (SSSR count). The molecule has 1 amide bonds. The maximum absolute atomic E-state index is 12.5. The van der Waals surface area contributed by atoms with Gasteiger partial charge < -0.3 is 9.40 Å². The zero-order valence-electron chi connectivity index (χ0n) is 16.4. The Morgan fingerprint density at radius 3 is 2.85 bits per heavy atom. The van der Waals surface area contributed by atoms with E-state index in [4.69, 9.17) is 4.42 Å². The molecule has 0 spiro atoms. The monoisotopic (exact) mass is 525 g/mol. The predicted molar refractivity (Wildman–Crippen MR) is 127 cm³/mol. The largest absolute Gasteiger partial charge is 0.422 e. The van der Waals surface area contributed by atoms with E-state index in [0.717, 1.165) is 9.86 Å². The smallest absolute Gasteiger partial charge is 0.345 e. The van der Waals surface area contributed by atoms with E-state index in [-0.39, 0.29) is 16.9 Å². The second-order valence-corrected chi connectivity index (χ2v) is 8.70. The number of aromatic nitrogens is 2. The number of fused-ring (bicyclic) bond motifs is 2. The van der Waals surface area contributed by atoms with E-state index in [1.807, 2.05) is 6.07 Å². The molecule has 0 aliphatic carbocycles. The number of carbonyl (C=O) groups is 1. The summed E-state index contributed by atoms with van der Waals surface area (Å²) in [4.78, 5) is 42.7. The Bertz CT molecular complexity index is 1620. The minimum atomic E-state index is -0.535. The molecule has 164 valence electrons. The zero-order chi connectivity index (χ0) is 23.1. The van der Waals surface area contributed by atoms with Crippen molar-refractivity contribution in [3.05, 3.63) is 84.6 Å². The Labute approximate surface area is 196 Å². The highest BCUT2D eigenvalue weighted by atomic mass is 79.9. The Kier molecular flexibility index (Phi) is 5.15. The van der Waals surface area contributed by atoms with Gasteiger partial charge in [0.1, 0.15) is 16.8 Å². The quantitative estimate of drug-likeness (QED) is 0.169. The van der Waals surface area contributed by atoms with Crippen LogP contribution in [0.2, 0.25) is 0 Å². The van der Waals surface area contributed by atoms with Crippen LogP contribution in [0, 0.1) is 10.1 Å². The maximum Gasteiger partial charge on any atom is 0.345 e. The molecule has 3 N–H and O–H groups in total. The van der Waals surface area contributed by atoms with Crippen LogP contribution >= 0.6 is 27.3 Å². The van der Waals surface area contributed by atoms with Crippen molar-refractivity contribution in [3.8, 4) is 11.3 Å². The number of H-pyrrole nitrogens is 1. The van der Waals surface area contributed by atoms with Crippen molar-refractivity contribution in [1.82, 2.24) is 15.4 Å². The van der Waals surface area contributed by atoms with Crippen LogP contribution in [0.25, 0.3) is 33.1 Å². The number of carbonyl (C=O) groups excluding carboxylic acids is 1. The van der Waals surface area contributed by atoms with E-state index in [0.29, 0.717) is 27.4 Å². The van der Waals surface area contributed by atoms with Crippen molar-refractivity contribution in [2.75, 3.05) is 5.43 Å². The molecule has 0 saturated heterocycles. The lowest BCUT2D eigenvalue weighted by Crippen LogP contribution is -2.29. The SMILES string of the molecule is O=C(NNc1nc(-c2cc3cc(Br)ccc3oc2=O)cs1)c1cc2cccc([N+](=O)[O-])c2[nH]1. The van der Waals surface area contributed by atoms with Crippen LogP contribution in [-0.4, -0.2) is 20.8 Å². The van der Waals surface area contributed by atoms with Gasteiger partial charge in [0.05, 0.1) is 16.2 Å². The van der Waals surface area contributed by atoms with Gasteiger partial charge in [0.25, 0.3) is 11.6 Å². The summed E-state index contributed by atoms with van der Waals surface area (Å²) < 4.78 is 6.22. The molecule has 0 unspecified atom stereocenters. The van der Waals surface area contributed by atoms with Crippen molar-refractivity contribution >= 4 is 65.9 Å². The first-order valence-corrected chi connectivity index (χ1v) is 11.1. The van der Waals surface area contributed by atoms with Crippen LogP contribution in [0.4, 0.5) is 10.8 Å². The predicted octanol–water partition coefficient (Wildman–Crippen LogP) is 4.83. The zero-order valence-corrected chi connectivity index (χ0v) is 18.8. The van der Waals surface area contributed by atoms with Gasteiger partial charge in [-0.05, 0) is 30.3 Å². The molecule has 12 heteroatoms. The average Bonchev–Trinajstić information content (AvgIpc) is 3.44. The van der Waals surface area contributed by atoms with Gasteiger partial charge >= 0.3 is 5.63 Å². The molecule has 0 saturated carbocycles. The van der Waals surface area contributed by atoms with E-state index in [9.17, 15) is 19.7 Å². The van der Waals surface area contributed by atoms with E-state index in [1.54, 1.807) is 35.7 Å². The summed E-state index contributed by atoms with van der Waals surface area (Å²) in [5, 5.41) is 14.5. The molecular formula is C21H12BrN5O5S. The van der Waals surface area contributed by atoms with Crippen LogP contribution in [0.5, 0.6) is 0 Å². The third-order valence-corrected chi connectivity index (χ3v) is 6.08. The summed E-state index contributed by atoms with van der Waals surface area (Å²) in [7, 11) is 0. The summed E-state index contributed by atoms with van der Waals surface area (Å²) in [5.74, 6) is -0.535. The molecule has 3 heterocycles. The third kappa shape index (κ3) is 3.97. The molecule has 0 atom stereocenters. The van der Waals surface area contributed by atoms with Crippen molar-refractivity contribution in [2.45, 2.75) is 0 Å². The van der Waals surface area contributed by atoms with Crippen LogP contribution in [0.3, 0.4) is 0 Å². The number of nitro groups is 1. The van der Waals surface area contributed by atoms with Gasteiger partial charge in [-0.25, -0.2) is 9.78 Å². The molecule has 5 aromatic rings. The number of halogens is 1. The Morgan fingerprint density at radius 1 is 1.18 bits per heavy atom. The average molecular weight is 526 g/mol. The maximum atomic E-state index is 12.5. The molecular weight excluding hydrogens is 514 g/mol. The Balaban J connectivity index is 1.35. The fourth-order valence-corrected chi connectivity index (χ4v) is 4.36. The van der Waals surface area contributed by atoms with Gasteiger partial charge in [0.15, 0.2) is 0 Å². The standard InChI is InChI=1S/C21H12BrN5O5S/c22-12-4-5-17-11(6-12)7-13(20(29)32-17)15-9-33-21(24-15)26-25-19(28)14-8-10-2-1-3-16(27(30)31)18(10)23-14/h1-9,23H,(H,24,26)(H,25,28). The number of thiazole rings is 1. The lowest BCUT2D eigenvalue weighted by molar-refractivity contribution is -0.383. The fourth-order valence-electron chi connectivity index (χ4n) is 3.32. The number of anilines is 1. The number of hydrogen-bond acceptors (Lipinski definition) is 8. The molecule has 0 radical (unpaired) electrons. The van der Waals surface area contributed by atoms with Crippen molar-refractivity contribution < 1.29 is 14.1 Å². The summed E-state index contributed by atoms with van der Waals surface area (Å²) in [6, 6.07) is 13.1. The first kappa shape index (κ1) is 20.8. The van der Waals surface area contributed by atoms with Gasteiger partial charge in [-0.3, -0.25) is 25.8 Å². The minimum absolute atomic E-state index is 0.120.